The van der Waals surface area contributed by atoms with Crippen molar-refractivity contribution in [3.63, 3.8) is 0 Å². The van der Waals surface area contributed by atoms with Gasteiger partial charge in [0.25, 0.3) is 0 Å². The van der Waals surface area contributed by atoms with Gasteiger partial charge in [-0.05, 0) is 43.3 Å². The zero-order valence-corrected chi connectivity index (χ0v) is 11.4. The van der Waals surface area contributed by atoms with E-state index in [4.69, 9.17) is 9.52 Å². The molecule has 0 saturated carbocycles. The minimum absolute atomic E-state index is 0. The van der Waals surface area contributed by atoms with Crippen LogP contribution in [0.25, 0.3) is 11.3 Å². The summed E-state index contributed by atoms with van der Waals surface area (Å²) in [5.41, 5.74) is 0.846. The molecule has 5 heteroatoms. The summed E-state index contributed by atoms with van der Waals surface area (Å²) in [6, 6.07) is 9.90. The lowest BCUT2D eigenvalue weighted by atomic mass is 10.2. The maximum atomic E-state index is 12.8. The molecule has 0 fully saturated rings. The van der Waals surface area contributed by atoms with E-state index < -0.39 is 0 Å². The molecule has 1 unspecified atom stereocenters. The molecule has 1 aromatic carbocycles. The maximum Gasteiger partial charge on any atom is 0.134 e. The largest absolute Gasteiger partial charge is 0.460 e. The van der Waals surface area contributed by atoms with Crippen molar-refractivity contribution in [2.45, 2.75) is 19.6 Å². The van der Waals surface area contributed by atoms with Crippen LogP contribution in [0.2, 0.25) is 0 Å². The first-order valence-corrected chi connectivity index (χ1v) is 5.88. The number of furan rings is 1. The van der Waals surface area contributed by atoms with Gasteiger partial charge in [-0.3, -0.25) is 0 Å². The average molecular weight is 286 g/mol. The fourth-order valence-electron chi connectivity index (χ4n) is 1.65. The molecule has 0 aliphatic carbocycles. The predicted octanol–water partition coefficient (Wildman–Crippen LogP) is 2.98. The number of benzene rings is 1. The van der Waals surface area contributed by atoms with Gasteiger partial charge in [-0.2, -0.15) is 0 Å². The molecular formula is C14H17ClFNO2. The van der Waals surface area contributed by atoms with Crippen molar-refractivity contribution in [3.05, 3.63) is 48.0 Å². The van der Waals surface area contributed by atoms with Crippen LogP contribution in [0.1, 0.15) is 12.7 Å². The molecule has 0 saturated heterocycles. The quantitative estimate of drug-likeness (QED) is 0.888. The molecule has 0 radical (unpaired) electrons. The average Bonchev–Trinajstić information content (AvgIpc) is 2.78. The van der Waals surface area contributed by atoms with Gasteiger partial charge in [-0.15, -0.1) is 12.4 Å². The topological polar surface area (TPSA) is 45.4 Å². The normalized spacial score (nSPS) is 11.9. The molecule has 2 N–H and O–H groups in total. The number of aliphatic hydroxyl groups is 1. The minimum atomic E-state index is -0.378. The standard InChI is InChI=1S/C14H16FNO2.ClH/c1-10(17)8-16-9-13-6-7-14(18-13)11-2-4-12(15)5-3-11;/h2-7,10,16-17H,8-9H2,1H3;1H. The Balaban J connectivity index is 0.00000180. The third-order valence-electron chi connectivity index (χ3n) is 2.53. The molecule has 2 aromatic rings. The van der Waals surface area contributed by atoms with Crippen molar-refractivity contribution >= 4 is 12.4 Å². The Morgan fingerprint density at radius 1 is 1.21 bits per heavy atom. The smallest absolute Gasteiger partial charge is 0.134 e. The lowest BCUT2D eigenvalue weighted by Crippen LogP contribution is -2.23. The Morgan fingerprint density at radius 2 is 1.89 bits per heavy atom. The Morgan fingerprint density at radius 3 is 2.53 bits per heavy atom. The first kappa shape index (κ1) is 15.7. The van der Waals surface area contributed by atoms with Gasteiger partial charge < -0.3 is 14.8 Å². The van der Waals surface area contributed by atoms with E-state index >= 15 is 0 Å². The number of nitrogens with one attached hydrogen (secondary N) is 1. The fourth-order valence-corrected chi connectivity index (χ4v) is 1.65. The highest BCUT2D eigenvalue weighted by Gasteiger charge is 2.05. The number of hydrogen-bond acceptors (Lipinski definition) is 3. The van der Waals surface area contributed by atoms with Crippen LogP contribution in [-0.2, 0) is 6.54 Å². The van der Waals surface area contributed by atoms with Crippen LogP contribution in [-0.4, -0.2) is 17.8 Å². The van der Waals surface area contributed by atoms with E-state index in [-0.39, 0.29) is 24.3 Å². The Labute approximate surface area is 117 Å². The summed E-state index contributed by atoms with van der Waals surface area (Å²) in [5, 5.41) is 12.2. The lowest BCUT2D eigenvalue weighted by molar-refractivity contribution is 0.190. The SMILES string of the molecule is CC(O)CNCc1ccc(-c2ccc(F)cc2)o1.Cl. The van der Waals surface area contributed by atoms with Crippen LogP contribution in [0.5, 0.6) is 0 Å². The highest BCUT2D eigenvalue weighted by molar-refractivity contribution is 5.85. The minimum Gasteiger partial charge on any atom is -0.460 e. The fraction of sp³-hybridized carbons (Fsp3) is 0.286. The van der Waals surface area contributed by atoms with E-state index in [0.29, 0.717) is 18.8 Å². The molecule has 0 aliphatic heterocycles. The number of rotatable bonds is 5. The molecule has 1 heterocycles. The first-order valence-electron chi connectivity index (χ1n) is 5.88. The molecule has 1 aromatic heterocycles. The summed E-state index contributed by atoms with van der Waals surface area (Å²) in [6.45, 7) is 2.80. The van der Waals surface area contributed by atoms with Crippen molar-refractivity contribution < 1.29 is 13.9 Å². The van der Waals surface area contributed by atoms with Crippen molar-refractivity contribution in [2.24, 2.45) is 0 Å². The molecule has 0 aliphatic rings. The molecular weight excluding hydrogens is 269 g/mol. The Kier molecular flexibility index (Phi) is 6.02. The van der Waals surface area contributed by atoms with E-state index in [2.05, 4.69) is 5.32 Å². The lowest BCUT2D eigenvalue weighted by Gasteiger charge is -2.04. The van der Waals surface area contributed by atoms with Gasteiger partial charge in [0.1, 0.15) is 17.3 Å². The van der Waals surface area contributed by atoms with E-state index in [1.165, 1.54) is 12.1 Å². The predicted molar refractivity (Wildman–Crippen MR) is 74.7 cm³/mol. The second-order valence-electron chi connectivity index (χ2n) is 4.25. The highest BCUT2D eigenvalue weighted by Crippen LogP contribution is 2.22. The molecule has 0 spiro atoms. The van der Waals surface area contributed by atoms with Crippen molar-refractivity contribution in [1.82, 2.24) is 5.32 Å². The van der Waals surface area contributed by atoms with Gasteiger partial charge in [-0.25, -0.2) is 4.39 Å². The zero-order valence-electron chi connectivity index (χ0n) is 10.6. The van der Waals surface area contributed by atoms with Gasteiger partial charge in [-0.1, -0.05) is 0 Å². The highest BCUT2D eigenvalue weighted by atomic mass is 35.5. The molecule has 2 rings (SSSR count). The Hall–Kier alpha value is -1.36. The second-order valence-corrected chi connectivity index (χ2v) is 4.25. The third kappa shape index (κ3) is 4.67. The Bertz CT molecular complexity index is 496. The van der Waals surface area contributed by atoms with Gasteiger partial charge in [0.2, 0.25) is 0 Å². The van der Waals surface area contributed by atoms with Gasteiger partial charge in [0, 0.05) is 12.1 Å². The van der Waals surface area contributed by atoms with Gasteiger partial charge >= 0.3 is 0 Å². The molecule has 1 atom stereocenters. The molecule has 0 bridgehead atoms. The van der Waals surface area contributed by atoms with Crippen molar-refractivity contribution in [1.29, 1.82) is 0 Å². The molecule has 104 valence electrons. The summed E-state index contributed by atoms with van der Waals surface area (Å²) < 4.78 is 18.4. The number of hydrogen-bond donors (Lipinski definition) is 2. The molecule has 0 amide bonds. The van der Waals surface area contributed by atoms with Crippen LogP contribution in [0.15, 0.2) is 40.8 Å². The second kappa shape index (κ2) is 7.28. The van der Waals surface area contributed by atoms with E-state index in [1.54, 1.807) is 19.1 Å². The van der Waals surface area contributed by atoms with Crippen LogP contribution in [0.3, 0.4) is 0 Å². The van der Waals surface area contributed by atoms with E-state index in [0.717, 1.165) is 11.3 Å². The zero-order chi connectivity index (χ0) is 13.0. The maximum absolute atomic E-state index is 12.8. The number of aliphatic hydroxyl groups excluding tert-OH is 1. The summed E-state index contributed by atoms with van der Waals surface area (Å²) in [4.78, 5) is 0. The van der Waals surface area contributed by atoms with Gasteiger partial charge in [0.05, 0.1) is 12.6 Å². The van der Waals surface area contributed by atoms with Crippen molar-refractivity contribution in [2.75, 3.05) is 6.54 Å². The van der Waals surface area contributed by atoms with Crippen LogP contribution in [0, 0.1) is 5.82 Å². The molecule has 19 heavy (non-hydrogen) atoms. The van der Waals surface area contributed by atoms with Crippen LogP contribution in [0.4, 0.5) is 4.39 Å². The van der Waals surface area contributed by atoms with E-state index in [1.807, 2.05) is 12.1 Å². The summed E-state index contributed by atoms with van der Waals surface area (Å²) in [7, 11) is 0. The summed E-state index contributed by atoms with van der Waals surface area (Å²) >= 11 is 0. The van der Waals surface area contributed by atoms with E-state index in [9.17, 15) is 4.39 Å². The third-order valence-corrected chi connectivity index (χ3v) is 2.53. The van der Waals surface area contributed by atoms with Crippen molar-refractivity contribution in [3.8, 4) is 11.3 Å². The monoisotopic (exact) mass is 285 g/mol. The first-order chi connectivity index (χ1) is 8.65. The van der Waals surface area contributed by atoms with Gasteiger partial charge in [0.15, 0.2) is 0 Å². The summed E-state index contributed by atoms with van der Waals surface area (Å²) in [6.07, 6.45) is -0.378. The van der Waals surface area contributed by atoms with Crippen LogP contribution >= 0.6 is 12.4 Å². The molecule has 3 nitrogen and oxygen atoms in total. The summed E-state index contributed by atoms with van der Waals surface area (Å²) in [5.74, 6) is 1.24. The number of halogens is 2. The van der Waals surface area contributed by atoms with Crippen LogP contribution < -0.4 is 5.32 Å².